The monoisotopic (exact) mass is 333 g/mol. The maximum atomic E-state index is 11.9. The second kappa shape index (κ2) is 7.94. The fraction of sp³-hybridized carbons (Fsp3) is 0.571. The van der Waals surface area contributed by atoms with Crippen LogP contribution >= 0.6 is 24.8 Å². The minimum absolute atomic E-state index is 0. The molecule has 118 valence electrons. The van der Waals surface area contributed by atoms with E-state index in [1.54, 1.807) is 12.3 Å². The molecular formula is C14H21Cl2N3O2. The van der Waals surface area contributed by atoms with Gasteiger partial charge in [0.2, 0.25) is 0 Å². The normalized spacial score (nSPS) is 23.9. The first-order valence-corrected chi connectivity index (χ1v) is 6.87. The average Bonchev–Trinajstić information content (AvgIpc) is 3.20. The lowest BCUT2D eigenvalue weighted by Gasteiger charge is -2.13. The first-order chi connectivity index (χ1) is 9.24. The van der Waals surface area contributed by atoms with Crippen LogP contribution in [-0.2, 0) is 0 Å². The summed E-state index contributed by atoms with van der Waals surface area (Å²) in [6.07, 6.45) is 3.91. The molecule has 2 unspecified atom stereocenters. The molecule has 7 heteroatoms. The van der Waals surface area contributed by atoms with Crippen LogP contribution in [0.2, 0.25) is 0 Å². The maximum absolute atomic E-state index is 11.9. The van der Waals surface area contributed by atoms with E-state index in [1.807, 2.05) is 6.07 Å². The van der Waals surface area contributed by atoms with Gasteiger partial charge in [-0.3, -0.25) is 9.78 Å². The van der Waals surface area contributed by atoms with Gasteiger partial charge in [-0.05, 0) is 30.4 Å². The van der Waals surface area contributed by atoms with Crippen LogP contribution in [0.5, 0.6) is 0 Å². The van der Waals surface area contributed by atoms with E-state index >= 15 is 0 Å². The Bertz CT molecular complexity index is 466. The fourth-order valence-corrected chi connectivity index (χ4v) is 2.44. The summed E-state index contributed by atoms with van der Waals surface area (Å²) < 4.78 is 0. The van der Waals surface area contributed by atoms with Crippen molar-refractivity contribution in [2.45, 2.75) is 24.9 Å². The SMILES string of the molecule is Cl.Cl.O=C(NCC1CNCC1O)c1ccc(C2CC2)cn1. The first-order valence-electron chi connectivity index (χ1n) is 6.87. The Hall–Kier alpha value is -0.880. The van der Waals surface area contributed by atoms with Gasteiger partial charge < -0.3 is 15.7 Å². The number of rotatable bonds is 4. The molecule has 0 spiro atoms. The van der Waals surface area contributed by atoms with E-state index in [1.165, 1.54) is 18.4 Å². The summed E-state index contributed by atoms with van der Waals surface area (Å²) in [5, 5.41) is 15.6. The van der Waals surface area contributed by atoms with Gasteiger partial charge in [-0.1, -0.05) is 6.07 Å². The number of carbonyl (C=O) groups is 1. The quantitative estimate of drug-likeness (QED) is 0.771. The van der Waals surface area contributed by atoms with Gasteiger partial charge in [0, 0.05) is 31.7 Å². The summed E-state index contributed by atoms with van der Waals surface area (Å²) in [6, 6.07) is 3.78. The number of nitrogens with one attached hydrogen (secondary N) is 2. The number of aromatic nitrogens is 1. The summed E-state index contributed by atoms with van der Waals surface area (Å²) >= 11 is 0. The van der Waals surface area contributed by atoms with Gasteiger partial charge in [0.15, 0.2) is 0 Å². The summed E-state index contributed by atoms with van der Waals surface area (Å²) in [5.74, 6) is 0.584. The number of aliphatic hydroxyl groups excluding tert-OH is 1. The molecule has 3 N–H and O–H groups in total. The number of hydrogen-bond acceptors (Lipinski definition) is 4. The predicted molar refractivity (Wildman–Crippen MR) is 85.4 cm³/mol. The molecule has 0 bridgehead atoms. The number of hydrogen-bond donors (Lipinski definition) is 3. The summed E-state index contributed by atoms with van der Waals surface area (Å²) in [5.41, 5.74) is 1.68. The van der Waals surface area contributed by atoms with Crippen molar-refractivity contribution < 1.29 is 9.90 Å². The van der Waals surface area contributed by atoms with Gasteiger partial charge in [0.05, 0.1) is 6.10 Å². The molecule has 2 atom stereocenters. The van der Waals surface area contributed by atoms with Crippen molar-refractivity contribution in [3.63, 3.8) is 0 Å². The second-order valence-electron chi connectivity index (χ2n) is 5.45. The lowest BCUT2D eigenvalue weighted by Crippen LogP contribution is -2.34. The van der Waals surface area contributed by atoms with Crippen molar-refractivity contribution in [3.05, 3.63) is 29.6 Å². The number of carbonyl (C=O) groups excluding carboxylic acids is 1. The lowest BCUT2D eigenvalue weighted by atomic mass is 10.1. The molecule has 21 heavy (non-hydrogen) atoms. The van der Waals surface area contributed by atoms with Crippen LogP contribution in [0.25, 0.3) is 0 Å². The summed E-state index contributed by atoms with van der Waals surface area (Å²) in [7, 11) is 0. The van der Waals surface area contributed by atoms with Gasteiger partial charge in [-0.15, -0.1) is 24.8 Å². The second-order valence-corrected chi connectivity index (χ2v) is 5.45. The van der Waals surface area contributed by atoms with Crippen LogP contribution in [0.4, 0.5) is 0 Å². The standard InChI is InChI=1S/C14H19N3O2.2ClH/c18-13-8-15-5-11(13)7-17-14(19)12-4-3-10(6-16-12)9-1-2-9;;/h3-4,6,9,11,13,15,18H,1-2,5,7-8H2,(H,17,19);2*1H. The van der Waals surface area contributed by atoms with E-state index in [2.05, 4.69) is 15.6 Å². The highest BCUT2D eigenvalue weighted by Gasteiger charge is 2.26. The van der Waals surface area contributed by atoms with Crippen molar-refractivity contribution >= 4 is 30.7 Å². The van der Waals surface area contributed by atoms with Crippen molar-refractivity contribution in [2.75, 3.05) is 19.6 Å². The van der Waals surface area contributed by atoms with Gasteiger partial charge in [0.25, 0.3) is 5.91 Å². The van der Waals surface area contributed by atoms with Crippen molar-refractivity contribution in [1.82, 2.24) is 15.6 Å². The van der Waals surface area contributed by atoms with Gasteiger partial charge in [-0.25, -0.2) is 0 Å². The third kappa shape index (κ3) is 4.54. The molecule has 2 fully saturated rings. The topological polar surface area (TPSA) is 74.2 Å². The molecule has 3 rings (SSSR count). The Kier molecular flexibility index (Phi) is 6.87. The van der Waals surface area contributed by atoms with Crippen LogP contribution in [-0.4, -0.2) is 41.7 Å². The van der Waals surface area contributed by atoms with Crippen molar-refractivity contribution in [1.29, 1.82) is 0 Å². The number of aliphatic hydroxyl groups is 1. The van der Waals surface area contributed by atoms with E-state index in [4.69, 9.17) is 0 Å². The largest absolute Gasteiger partial charge is 0.391 e. The zero-order valence-electron chi connectivity index (χ0n) is 11.6. The Labute approximate surface area is 136 Å². The molecule has 2 heterocycles. The van der Waals surface area contributed by atoms with Gasteiger partial charge >= 0.3 is 0 Å². The zero-order valence-corrected chi connectivity index (χ0v) is 13.3. The Morgan fingerprint density at radius 2 is 2.10 bits per heavy atom. The number of nitrogens with zero attached hydrogens (tertiary/aromatic N) is 1. The van der Waals surface area contributed by atoms with Crippen molar-refractivity contribution in [3.8, 4) is 0 Å². The molecule has 1 aliphatic heterocycles. The number of halogens is 2. The zero-order chi connectivity index (χ0) is 13.2. The lowest BCUT2D eigenvalue weighted by molar-refractivity contribution is 0.0922. The molecule has 1 saturated carbocycles. The molecule has 1 aromatic heterocycles. The van der Waals surface area contributed by atoms with Gasteiger partial charge in [0.1, 0.15) is 5.69 Å². The third-order valence-electron chi connectivity index (χ3n) is 3.90. The molecule has 0 radical (unpaired) electrons. The van der Waals surface area contributed by atoms with E-state index in [0.29, 0.717) is 24.7 Å². The minimum Gasteiger partial charge on any atom is -0.391 e. The summed E-state index contributed by atoms with van der Waals surface area (Å²) in [6.45, 7) is 1.84. The van der Waals surface area contributed by atoms with E-state index in [9.17, 15) is 9.90 Å². The number of β-amino-alcohol motifs (C(OH)–C–C–N with tert-alkyl or cyclic N) is 1. The molecule has 5 nitrogen and oxygen atoms in total. The van der Waals surface area contributed by atoms with E-state index < -0.39 is 0 Å². The fourth-order valence-electron chi connectivity index (χ4n) is 2.44. The summed E-state index contributed by atoms with van der Waals surface area (Å²) in [4.78, 5) is 16.1. The highest BCUT2D eigenvalue weighted by Crippen LogP contribution is 2.39. The van der Waals surface area contributed by atoms with E-state index in [0.717, 1.165) is 6.54 Å². The van der Waals surface area contributed by atoms with Crippen LogP contribution < -0.4 is 10.6 Å². The van der Waals surface area contributed by atoms with Crippen LogP contribution in [0, 0.1) is 5.92 Å². The first kappa shape index (κ1) is 18.2. The smallest absolute Gasteiger partial charge is 0.269 e. The predicted octanol–water partition coefficient (Wildman–Crippen LogP) is 1.11. The molecule has 0 aromatic carbocycles. The molecular weight excluding hydrogens is 313 g/mol. The minimum atomic E-state index is -0.370. The molecule has 1 aromatic rings. The molecule has 2 aliphatic rings. The Morgan fingerprint density at radius 3 is 2.62 bits per heavy atom. The highest BCUT2D eigenvalue weighted by atomic mass is 35.5. The molecule has 1 saturated heterocycles. The Morgan fingerprint density at radius 1 is 1.33 bits per heavy atom. The van der Waals surface area contributed by atoms with Gasteiger partial charge in [-0.2, -0.15) is 0 Å². The van der Waals surface area contributed by atoms with Crippen LogP contribution in [0.3, 0.4) is 0 Å². The van der Waals surface area contributed by atoms with E-state index in [-0.39, 0.29) is 42.7 Å². The number of amides is 1. The number of pyridine rings is 1. The molecule has 1 amide bonds. The van der Waals surface area contributed by atoms with Crippen LogP contribution in [0.1, 0.15) is 34.8 Å². The molecule has 1 aliphatic carbocycles. The Balaban J connectivity index is 0.00000110. The average molecular weight is 334 g/mol. The van der Waals surface area contributed by atoms with Crippen molar-refractivity contribution in [2.24, 2.45) is 5.92 Å². The highest BCUT2D eigenvalue weighted by molar-refractivity contribution is 5.92. The van der Waals surface area contributed by atoms with Crippen LogP contribution in [0.15, 0.2) is 18.3 Å². The maximum Gasteiger partial charge on any atom is 0.269 e. The third-order valence-corrected chi connectivity index (χ3v) is 3.90.